The zero-order chi connectivity index (χ0) is 15.5. The second kappa shape index (κ2) is 6.31. The van der Waals surface area contributed by atoms with Crippen molar-refractivity contribution in [2.75, 3.05) is 0 Å². The van der Waals surface area contributed by atoms with Gasteiger partial charge in [-0.05, 0) is 52.3 Å². The van der Waals surface area contributed by atoms with E-state index in [0.717, 1.165) is 23.6 Å². The fraction of sp³-hybridized carbons (Fsp3) is 0.368. The molecule has 0 aliphatic carbocycles. The average molecular weight is 283 g/mol. The van der Waals surface area contributed by atoms with Gasteiger partial charge in [0, 0.05) is 17.6 Å². The highest BCUT2D eigenvalue weighted by atomic mass is 16.5. The Hall–Kier alpha value is -1.80. The van der Waals surface area contributed by atoms with E-state index in [1.165, 1.54) is 11.1 Å². The minimum atomic E-state index is 0.0902. The zero-order valence-electron chi connectivity index (χ0n) is 13.7. The molecule has 0 radical (unpaired) electrons. The molecule has 1 N–H and O–H groups in total. The Morgan fingerprint density at radius 3 is 2.33 bits per heavy atom. The van der Waals surface area contributed by atoms with Crippen molar-refractivity contribution in [3.8, 4) is 11.5 Å². The summed E-state index contributed by atoms with van der Waals surface area (Å²) in [5, 5.41) is 3.51. The second-order valence-corrected chi connectivity index (χ2v) is 6.58. The Bertz CT molecular complexity index is 611. The molecule has 0 atom stereocenters. The number of benzene rings is 2. The third kappa shape index (κ3) is 4.61. The van der Waals surface area contributed by atoms with Crippen molar-refractivity contribution in [1.29, 1.82) is 0 Å². The minimum absolute atomic E-state index is 0.0902. The highest BCUT2D eigenvalue weighted by molar-refractivity contribution is 5.42. The Balaban J connectivity index is 2.20. The number of ether oxygens (including phenoxy) is 1. The second-order valence-electron chi connectivity index (χ2n) is 6.58. The van der Waals surface area contributed by atoms with Crippen molar-refractivity contribution in [3.63, 3.8) is 0 Å². The summed E-state index contributed by atoms with van der Waals surface area (Å²) in [6.07, 6.45) is 0. The molecular formula is C19H25NO. The number of aryl methyl sites for hydroxylation is 2. The third-order valence-electron chi connectivity index (χ3n) is 3.33. The zero-order valence-corrected chi connectivity index (χ0v) is 13.7. The molecule has 0 amide bonds. The molecule has 0 saturated heterocycles. The van der Waals surface area contributed by atoms with Gasteiger partial charge in [0.1, 0.15) is 11.5 Å². The molecule has 0 fully saturated rings. The van der Waals surface area contributed by atoms with Crippen LogP contribution in [0.3, 0.4) is 0 Å². The van der Waals surface area contributed by atoms with E-state index >= 15 is 0 Å². The van der Waals surface area contributed by atoms with E-state index in [9.17, 15) is 0 Å². The molecule has 0 bridgehead atoms. The standard InChI is InChI=1S/C19H25NO/c1-14-10-11-17(15(2)12-14)21-18-9-7-6-8-16(18)13-20-19(3,4)5/h6-12,20H,13H2,1-5H3. The smallest absolute Gasteiger partial charge is 0.131 e. The first kappa shape index (κ1) is 15.6. The molecule has 112 valence electrons. The molecule has 21 heavy (non-hydrogen) atoms. The maximum Gasteiger partial charge on any atom is 0.131 e. The van der Waals surface area contributed by atoms with Crippen molar-refractivity contribution in [2.45, 2.75) is 46.7 Å². The normalized spacial score (nSPS) is 11.5. The number of hydrogen-bond donors (Lipinski definition) is 1. The Morgan fingerprint density at radius 2 is 1.67 bits per heavy atom. The van der Waals surface area contributed by atoms with E-state index in [2.05, 4.69) is 64.2 Å². The third-order valence-corrected chi connectivity index (χ3v) is 3.33. The molecule has 0 aliphatic rings. The number of rotatable bonds is 4. The lowest BCUT2D eigenvalue weighted by Crippen LogP contribution is -2.35. The molecule has 2 heteroatoms. The van der Waals surface area contributed by atoms with Crippen LogP contribution in [0.15, 0.2) is 42.5 Å². The van der Waals surface area contributed by atoms with Crippen LogP contribution in [0.1, 0.15) is 37.5 Å². The molecule has 0 aromatic heterocycles. The van der Waals surface area contributed by atoms with Crippen LogP contribution in [0, 0.1) is 13.8 Å². The van der Waals surface area contributed by atoms with Gasteiger partial charge in [0.2, 0.25) is 0 Å². The first-order chi connectivity index (χ1) is 9.85. The lowest BCUT2D eigenvalue weighted by atomic mass is 10.1. The molecule has 0 spiro atoms. The van der Waals surface area contributed by atoms with Gasteiger partial charge in [-0.3, -0.25) is 0 Å². The van der Waals surface area contributed by atoms with Gasteiger partial charge in [-0.25, -0.2) is 0 Å². The summed E-state index contributed by atoms with van der Waals surface area (Å²) >= 11 is 0. The van der Waals surface area contributed by atoms with Gasteiger partial charge >= 0.3 is 0 Å². The summed E-state index contributed by atoms with van der Waals surface area (Å²) in [7, 11) is 0. The van der Waals surface area contributed by atoms with Gasteiger partial charge < -0.3 is 10.1 Å². The van der Waals surface area contributed by atoms with E-state index in [-0.39, 0.29) is 5.54 Å². The Morgan fingerprint density at radius 1 is 0.952 bits per heavy atom. The van der Waals surface area contributed by atoms with Crippen molar-refractivity contribution in [1.82, 2.24) is 5.32 Å². The van der Waals surface area contributed by atoms with Crippen molar-refractivity contribution in [3.05, 3.63) is 59.2 Å². The predicted octanol–water partition coefficient (Wildman–Crippen LogP) is 4.98. The van der Waals surface area contributed by atoms with Gasteiger partial charge in [0.15, 0.2) is 0 Å². The molecule has 0 saturated carbocycles. The molecule has 0 aliphatic heterocycles. The summed E-state index contributed by atoms with van der Waals surface area (Å²) in [5.74, 6) is 1.84. The van der Waals surface area contributed by atoms with Gasteiger partial charge in [-0.2, -0.15) is 0 Å². The van der Waals surface area contributed by atoms with Crippen LogP contribution in [0.2, 0.25) is 0 Å². The first-order valence-corrected chi connectivity index (χ1v) is 7.43. The largest absolute Gasteiger partial charge is 0.457 e. The van der Waals surface area contributed by atoms with Crippen LogP contribution >= 0.6 is 0 Å². The van der Waals surface area contributed by atoms with Crippen molar-refractivity contribution >= 4 is 0 Å². The van der Waals surface area contributed by atoms with E-state index in [4.69, 9.17) is 4.74 Å². The van der Waals surface area contributed by atoms with Crippen LogP contribution in [0.5, 0.6) is 11.5 Å². The summed E-state index contributed by atoms with van der Waals surface area (Å²) in [6.45, 7) is 11.5. The van der Waals surface area contributed by atoms with Gasteiger partial charge in [0.05, 0.1) is 0 Å². The van der Waals surface area contributed by atoms with Crippen LogP contribution < -0.4 is 10.1 Å². The van der Waals surface area contributed by atoms with Crippen molar-refractivity contribution < 1.29 is 4.74 Å². The summed E-state index contributed by atoms with van der Waals surface area (Å²) in [4.78, 5) is 0. The lowest BCUT2D eigenvalue weighted by Gasteiger charge is -2.21. The van der Waals surface area contributed by atoms with E-state index in [0.29, 0.717) is 0 Å². The lowest BCUT2D eigenvalue weighted by molar-refractivity contribution is 0.414. The fourth-order valence-corrected chi connectivity index (χ4v) is 2.14. The Labute approximate surface area is 128 Å². The van der Waals surface area contributed by atoms with E-state index in [1.807, 2.05) is 18.2 Å². The van der Waals surface area contributed by atoms with E-state index in [1.54, 1.807) is 0 Å². The topological polar surface area (TPSA) is 21.3 Å². The molecule has 0 unspecified atom stereocenters. The predicted molar refractivity (Wildman–Crippen MR) is 89.0 cm³/mol. The maximum atomic E-state index is 6.12. The molecule has 2 aromatic rings. The van der Waals surface area contributed by atoms with Gasteiger partial charge in [0.25, 0.3) is 0 Å². The SMILES string of the molecule is Cc1ccc(Oc2ccccc2CNC(C)(C)C)c(C)c1. The minimum Gasteiger partial charge on any atom is -0.457 e. The monoisotopic (exact) mass is 283 g/mol. The molecule has 2 rings (SSSR count). The van der Waals surface area contributed by atoms with Crippen LogP contribution in [-0.4, -0.2) is 5.54 Å². The summed E-state index contributed by atoms with van der Waals surface area (Å²) in [5.41, 5.74) is 3.68. The fourth-order valence-electron chi connectivity index (χ4n) is 2.14. The van der Waals surface area contributed by atoms with Gasteiger partial charge in [-0.15, -0.1) is 0 Å². The van der Waals surface area contributed by atoms with E-state index < -0.39 is 0 Å². The number of hydrogen-bond acceptors (Lipinski definition) is 2. The van der Waals surface area contributed by atoms with Crippen molar-refractivity contribution in [2.24, 2.45) is 0 Å². The Kier molecular flexibility index (Phi) is 4.69. The summed E-state index contributed by atoms with van der Waals surface area (Å²) in [6, 6.07) is 14.5. The molecular weight excluding hydrogens is 258 g/mol. The molecule has 0 heterocycles. The average Bonchev–Trinajstić information content (AvgIpc) is 2.40. The molecule has 2 nitrogen and oxygen atoms in total. The van der Waals surface area contributed by atoms with Gasteiger partial charge in [-0.1, -0.05) is 35.9 Å². The quantitative estimate of drug-likeness (QED) is 0.854. The number of para-hydroxylation sites is 1. The van der Waals surface area contributed by atoms with Crippen LogP contribution in [0.4, 0.5) is 0 Å². The van der Waals surface area contributed by atoms with Crippen LogP contribution in [0.25, 0.3) is 0 Å². The highest BCUT2D eigenvalue weighted by Crippen LogP contribution is 2.28. The van der Waals surface area contributed by atoms with Crippen LogP contribution in [-0.2, 0) is 6.54 Å². The summed E-state index contributed by atoms with van der Waals surface area (Å²) < 4.78 is 6.12. The number of nitrogens with one attached hydrogen (secondary N) is 1. The highest BCUT2D eigenvalue weighted by Gasteiger charge is 2.11. The first-order valence-electron chi connectivity index (χ1n) is 7.43. The maximum absolute atomic E-state index is 6.12. The molecule has 2 aromatic carbocycles.